The molecule has 1 aromatic heterocycles. The topological polar surface area (TPSA) is 74.8 Å². The van der Waals surface area contributed by atoms with Gasteiger partial charge in [-0.05, 0) is 12.5 Å². The van der Waals surface area contributed by atoms with E-state index in [1.807, 2.05) is 18.2 Å². The van der Waals surface area contributed by atoms with Gasteiger partial charge in [0.25, 0.3) is 0 Å². The summed E-state index contributed by atoms with van der Waals surface area (Å²) < 4.78 is 4.92. The molecule has 30 heavy (non-hydrogen) atoms. The molecule has 0 spiro atoms. The highest BCUT2D eigenvalue weighted by molar-refractivity contribution is 7.13. The second-order valence-corrected chi connectivity index (χ2v) is 7.92. The van der Waals surface area contributed by atoms with E-state index in [0.717, 1.165) is 32.7 Å². The monoisotopic (exact) mass is 428 g/mol. The van der Waals surface area contributed by atoms with E-state index >= 15 is 0 Å². The van der Waals surface area contributed by atoms with Gasteiger partial charge in [0.15, 0.2) is 5.13 Å². The molecule has 1 aliphatic rings. The van der Waals surface area contributed by atoms with Crippen LogP contribution in [-0.4, -0.2) is 72.5 Å². The zero-order valence-corrected chi connectivity index (χ0v) is 18.1. The highest BCUT2D eigenvalue weighted by Crippen LogP contribution is 2.16. The molecule has 0 bridgehead atoms. The number of nitrogens with zero attached hydrogens (tertiary/aromatic N) is 3. The van der Waals surface area contributed by atoms with Crippen LogP contribution in [0.25, 0.3) is 6.08 Å². The van der Waals surface area contributed by atoms with Crippen molar-refractivity contribution in [2.75, 3.05) is 51.2 Å². The first-order chi connectivity index (χ1) is 14.6. The fourth-order valence-corrected chi connectivity index (χ4v) is 3.93. The summed E-state index contributed by atoms with van der Waals surface area (Å²) in [6, 6.07) is 10.3. The standard InChI is InChI=1S/C22H28N4O3S/c1-2-29-21(28)15-19-17-30-22(23-19)24-20(27)16-26-13-11-25(12-14-26)10-6-9-18-7-4-3-5-8-18/h3-9,17H,2,10-16H2,1H3,(H,23,24,27)/b9-6+. The Bertz CT molecular complexity index is 845. The third-order valence-electron chi connectivity index (χ3n) is 4.73. The van der Waals surface area contributed by atoms with E-state index in [-0.39, 0.29) is 18.3 Å². The predicted octanol–water partition coefficient (Wildman–Crippen LogP) is 2.52. The zero-order valence-electron chi connectivity index (χ0n) is 17.3. The van der Waals surface area contributed by atoms with Crippen LogP contribution < -0.4 is 5.32 Å². The summed E-state index contributed by atoms with van der Waals surface area (Å²) >= 11 is 1.32. The first-order valence-corrected chi connectivity index (χ1v) is 11.1. The molecule has 1 aromatic carbocycles. The molecule has 8 heteroatoms. The lowest BCUT2D eigenvalue weighted by Crippen LogP contribution is -2.48. The number of piperazine rings is 1. The van der Waals surface area contributed by atoms with Crippen molar-refractivity contribution in [1.29, 1.82) is 0 Å². The van der Waals surface area contributed by atoms with Crippen molar-refractivity contribution >= 4 is 34.4 Å². The summed E-state index contributed by atoms with van der Waals surface area (Å²) in [5.74, 6) is -0.387. The van der Waals surface area contributed by atoms with Gasteiger partial charge < -0.3 is 10.1 Å². The molecular formula is C22H28N4O3S. The number of hydrogen-bond donors (Lipinski definition) is 1. The third kappa shape index (κ3) is 7.37. The number of esters is 1. The molecule has 0 aliphatic carbocycles. The lowest BCUT2D eigenvalue weighted by Gasteiger charge is -2.33. The molecule has 1 amide bonds. The van der Waals surface area contributed by atoms with E-state index in [1.54, 1.807) is 12.3 Å². The summed E-state index contributed by atoms with van der Waals surface area (Å²) in [5, 5.41) is 5.12. The maximum absolute atomic E-state index is 12.3. The molecule has 1 aliphatic heterocycles. The van der Waals surface area contributed by atoms with E-state index in [1.165, 1.54) is 16.9 Å². The fraction of sp³-hybridized carbons (Fsp3) is 0.409. The van der Waals surface area contributed by atoms with E-state index < -0.39 is 0 Å². The largest absolute Gasteiger partial charge is 0.466 e. The predicted molar refractivity (Wildman–Crippen MR) is 119 cm³/mol. The van der Waals surface area contributed by atoms with Crippen LogP contribution in [0.2, 0.25) is 0 Å². The first kappa shape index (κ1) is 22.1. The summed E-state index contributed by atoms with van der Waals surface area (Å²) in [6.45, 7) is 6.98. The van der Waals surface area contributed by atoms with Crippen molar-refractivity contribution in [3.63, 3.8) is 0 Å². The van der Waals surface area contributed by atoms with Crippen molar-refractivity contribution in [3.05, 3.63) is 53.0 Å². The minimum absolute atomic E-state index is 0.0792. The van der Waals surface area contributed by atoms with Crippen LogP contribution in [0.1, 0.15) is 18.2 Å². The quantitative estimate of drug-likeness (QED) is 0.619. The number of amides is 1. The Morgan fingerprint density at radius 2 is 1.90 bits per heavy atom. The molecule has 1 fully saturated rings. The molecule has 0 radical (unpaired) electrons. The fourth-order valence-electron chi connectivity index (χ4n) is 3.20. The molecular weight excluding hydrogens is 400 g/mol. The van der Waals surface area contributed by atoms with Crippen LogP contribution in [0.4, 0.5) is 5.13 Å². The molecule has 7 nitrogen and oxygen atoms in total. The van der Waals surface area contributed by atoms with Gasteiger partial charge in [-0.15, -0.1) is 11.3 Å². The van der Waals surface area contributed by atoms with Gasteiger partial charge in [0.05, 0.1) is 25.3 Å². The third-order valence-corrected chi connectivity index (χ3v) is 5.54. The Hall–Kier alpha value is -2.55. The number of hydrogen-bond acceptors (Lipinski definition) is 7. The minimum Gasteiger partial charge on any atom is -0.466 e. The van der Waals surface area contributed by atoms with Gasteiger partial charge in [-0.3, -0.25) is 19.4 Å². The number of carbonyl (C=O) groups excluding carboxylic acids is 2. The molecule has 3 rings (SSSR count). The van der Waals surface area contributed by atoms with Crippen LogP contribution in [0.3, 0.4) is 0 Å². The summed E-state index contributed by atoms with van der Waals surface area (Å²) in [5.41, 5.74) is 1.83. The highest BCUT2D eigenvalue weighted by atomic mass is 32.1. The van der Waals surface area contributed by atoms with E-state index in [0.29, 0.717) is 24.0 Å². The number of benzene rings is 1. The van der Waals surface area contributed by atoms with Crippen LogP contribution in [0.5, 0.6) is 0 Å². The number of aromatic nitrogens is 1. The van der Waals surface area contributed by atoms with Crippen LogP contribution >= 0.6 is 11.3 Å². The van der Waals surface area contributed by atoms with Crippen LogP contribution in [0, 0.1) is 0 Å². The molecule has 2 heterocycles. The lowest BCUT2D eigenvalue weighted by atomic mass is 10.2. The second kappa shape index (κ2) is 11.6. The molecule has 160 valence electrons. The van der Waals surface area contributed by atoms with Gasteiger partial charge in [0.2, 0.25) is 5.91 Å². The number of carbonyl (C=O) groups is 2. The van der Waals surface area contributed by atoms with Crippen molar-refractivity contribution in [2.24, 2.45) is 0 Å². The molecule has 2 aromatic rings. The van der Waals surface area contributed by atoms with Gasteiger partial charge in [-0.1, -0.05) is 42.5 Å². The van der Waals surface area contributed by atoms with Crippen molar-refractivity contribution < 1.29 is 14.3 Å². The molecule has 1 N–H and O–H groups in total. The molecule has 0 atom stereocenters. The number of rotatable bonds is 9. The smallest absolute Gasteiger partial charge is 0.311 e. The lowest BCUT2D eigenvalue weighted by molar-refractivity contribution is -0.142. The number of anilines is 1. The summed E-state index contributed by atoms with van der Waals surface area (Å²) in [7, 11) is 0. The average Bonchev–Trinajstić information content (AvgIpc) is 3.16. The molecule has 0 saturated carbocycles. The average molecular weight is 429 g/mol. The minimum atomic E-state index is -0.308. The van der Waals surface area contributed by atoms with Crippen molar-refractivity contribution in [2.45, 2.75) is 13.3 Å². The van der Waals surface area contributed by atoms with E-state index in [9.17, 15) is 9.59 Å². The van der Waals surface area contributed by atoms with E-state index in [4.69, 9.17) is 4.74 Å². The second-order valence-electron chi connectivity index (χ2n) is 7.06. The van der Waals surface area contributed by atoms with Crippen molar-refractivity contribution in [1.82, 2.24) is 14.8 Å². The van der Waals surface area contributed by atoms with Gasteiger partial charge in [-0.2, -0.15) is 0 Å². The number of thiazole rings is 1. The number of nitrogens with one attached hydrogen (secondary N) is 1. The SMILES string of the molecule is CCOC(=O)Cc1csc(NC(=O)CN2CCN(C/C=C/c3ccccc3)CC2)n1. The normalized spacial score (nSPS) is 15.4. The van der Waals surface area contributed by atoms with Gasteiger partial charge in [0.1, 0.15) is 0 Å². The number of ether oxygens (including phenoxy) is 1. The Morgan fingerprint density at radius 1 is 1.17 bits per heavy atom. The zero-order chi connectivity index (χ0) is 21.2. The highest BCUT2D eigenvalue weighted by Gasteiger charge is 2.19. The maximum atomic E-state index is 12.3. The van der Waals surface area contributed by atoms with Crippen LogP contribution in [0.15, 0.2) is 41.8 Å². The van der Waals surface area contributed by atoms with Crippen molar-refractivity contribution in [3.8, 4) is 0 Å². The Morgan fingerprint density at radius 3 is 2.63 bits per heavy atom. The summed E-state index contributed by atoms with van der Waals surface area (Å²) in [4.78, 5) is 32.7. The van der Waals surface area contributed by atoms with Crippen LogP contribution in [-0.2, 0) is 20.7 Å². The molecule has 1 saturated heterocycles. The van der Waals surface area contributed by atoms with Gasteiger partial charge in [-0.25, -0.2) is 4.98 Å². The van der Waals surface area contributed by atoms with E-state index in [2.05, 4.69) is 44.4 Å². The maximum Gasteiger partial charge on any atom is 0.311 e. The Balaban J connectivity index is 1.35. The molecule has 0 unspecified atom stereocenters. The van der Waals surface area contributed by atoms with Gasteiger partial charge in [0, 0.05) is 38.1 Å². The Labute approximate surface area is 181 Å². The van der Waals surface area contributed by atoms with Gasteiger partial charge >= 0.3 is 5.97 Å². The Kier molecular flexibility index (Phi) is 8.55. The first-order valence-electron chi connectivity index (χ1n) is 10.2. The summed E-state index contributed by atoms with van der Waals surface area (Å²) in [6.07, 6.45) is 4.46.